The number of benzene rings is 2. The number of sulfone groups is 1. The van der Waals surface area contributed by atoms with Gasteiger partial charge >= 0.3 is 0 Å². The molecule has 184 valence electrons. The fourth-order valence-electron chi connectivity index (χ4n) is 4.13. The second-order valence-corrected chi connectivity index (χ2v) is 10.8. The number of hydrogen-bond donors (Lipinski definition) is 1. The molecule has 0 aliphatic carbocycles. The third-order valence-corrected chi connectivity index (χ3v) is 7.31. The van der Waals surface area contributed by atoms with Gasteiger partial charge < -0.3 is 5.32 Å². The summed E-state index contributed by atoms with van der Waals surface area (Å²) in [5.41, 5.74) is 2.44. The van der Waals surface area contributed by atoms with Gasteiger partial charge in [-0.2, -0.15) is 0 Å². The van der Waals surface area contributed by atoms with Crippen LogP contribution in [-0.4, -0.2) is 56.0 Å². The SMILES string of the molecule is CS(=O)(=O)c1ccc(-c2ccc(CNC3CCN(CC(=O)c4cc(F)ccc4F)CC3)cn2)cc1. The van der Waals surface area contributed by atoms with Gasteiger partial charge in [0.25, 0.3) is 0 Å². The fraction of sp³-hybridized carbons (Fsp3) is 0.308. The molecule has 9 heteroatoms. The summed E-state index contributed by atoms with van der Waals surface area (Å²) in [4.78, 5) is 19.1. The predicted molar refractivity (Wildman–Crippen MR) is 130 cm³/mol. The molecule has 2 heterocycles. The van der Waals surface area contributed by atoms with Gasteiger partial charge in [0, 0.05) is 43.7 Å². The van der Waals surface area contributed by atoms with Gasteiger partial charge in [0.05, 0.1) is 22.7 Å². The van der Waals surface area contributed by atoms with Crippen molar-refractivity contribution in [1.29, 1.82) is 0 Å². The number of carbonyl (C=O) groups is 1. The number of nitrogens with one attached hydrogen (secondary N) is 1. The Morgan fingerprint density at radius 3 is 2.40 bits per heavy atom. The number of halogens is 2. The normalized spacial score (nSPS) is 15.3. The van der Waals surface area contributed by atoms with E-state index in [-0.39, 0.29) is 23.0 Å². The summed E-state index contributed by atoms with van der Waals surface area (Å²) in [7, 11) is -3.23. The minimum absolute atomic E-state index is 0.0731. The lowest BCUT2D eigenvalue weighted by Crippen LogP contribution is -2.44. The average Bonchev–Trinajstić information content (AvgIpc) is 2.85. The highest BCUT2D eigenvalue weighted by molar-refractivity contribution is 7.90. The zero-order valence-corrected chi connectivity index (χ0v) is 20.2. The number of pyridine rings is 1. The number of rotatable bonds is 8. The lowest BCUT2D eigenvalue weighted by molar-refractivity contribution is 0.0899. The molecule has 1 aliphatic heterocycles. The third kappa shape index (κ3) is 6.56. The maximum Gasteiger partial charge on any atom is 0.179 e. The van der Waals surface area contributed by atoms with Crippen LogP contribution in [0.2, 0.25) is 0 Å². The summed E-state index contributed by atoms with van der Waals surface area (Å²) < 4.78 is 50.4. The molecule has 6 nitrogen and oxygen atoms in total. The van der Waals surface area contributed by atoms with Gasteiger partial charge in [-0.3, -0.25) is 14.7 Å². The molecule has 0 saturated carbocycles. The van der Waals surface area contributed by atoms with E-state index in [1.807, 2.05) is 17.0 Å². The molecule has 0 atom stereocenters. The van der Waals surface area contributed by atoms with Crippen LogP contribution in [0.5, 0.6) is 0 Å². The van der Waals surface area contributed by atoms with E-state index in [1.165, 1.54) is 6.26 Å². The van der Waals surface area contributed by atoms with Crippen LogP contribution >= 0.6 is 0 Å². The molecule has 0 spiro atoms. The van der Waals surface area contributed by atoms with Crippen LogP contribution in [0.25, 0.3) is 11.3 Å². The number of aromatic nitrogens is 1. The Morgan fingerprint density at radius 2 is 1.77 bits per heavy atom. The minimum atomic E-state index is -3.23. The number of piperidine rings is 1. The van der Waals surface area contributed by atoms with Crippen molar-refractivity contribution in [2.24, 2.45) is 0 Å². The highest BCUT2D eigenvalue weighted by atomic mass is 32.2. The van der Waals surface area contributed by atoms with Gasteiger partial charge in [-0.15, -0.1) is 0 Å². The number of hydrogen-bond acceptors (Lipinski definition) is 6. The van der Waals surface area contributed by atoms with Gasteiger partial charge in [-0.1, -0.05) is 18.2 Å². The summed E-state index contributed by atoms with van der Waals surface area (Å²) in [5.74, 6) is -1.73. The second kappa shape index (κ2) is 10.7. The fourth-order valence-corrected chi connectivity index (χ4v) is 4.76. The van der Waals surface area contributed by atoms with Crippen LogP contribution < -0.4 is 5.32 Å². The van der Waals surface area contributed by atoms with E-state index < -0.39 is 27.3 Å². The number of nitrogens with zero attached hydrogens (tertiary/aromatic N) is 2. The lowest BCUT2D eigenvalue weighted by atomic mass is 10.0. The molecule has 1 fully saturated rings. The Morgan fingerprint density at radius 1 is 1.06 bits per heavy atom. The Hall–Kier alpha value is -3.01. The molecule has 0 amide bonds. The zero-order valence-electron chi connectivity index (χ0n) is 19.4. The van der Waals surface area contributed by atoms with Crippen molar-refractivity contribution in [3.8, 4) is 11.3 Å². The highest BCUT2D eigenvalue weighted by Gasteiger charge is 2.22. The summed E-state index contributed by atoms with van der Waals surface area (Å²) in [6, 6.07) is 13.8. The highest BCUT2D eigenvalue weighted by Crippen LogP contribution is 2.20. The molecule has 1 aromatic heterocycles. The second-order valence-electron chi connectivity index (χ2n) is 8.83. The van der Waals surface area contributed by atoms with Crippen LogP contribution in [-0.2, 0) is 16.4 Å². The lowest BCUT2D eigenvalue weighted by Gasteiger charge is -2.32. The van der Waals surface area contributed by atoms with Crippen molar-refractivity contribution in [3.05, 3.63) is 83.6 Å². The van der Waals surface area contributed by atoms with E-state index in [1.54, 1.807) is 30.5 Å². The first-order valence-corrected chi connectivity index (χ1v) is 13.3. The first-order chi connectivity index (χ1) is 16.7. The van der Waals surface area contributed by atoms with Crippen molar-refractivity contribution in [2.75, 3.05) is 25.9 Å². The molecular weight excluding hydrogens is 472 g/mol. The van der Waals surface area contributed by atoms with Crippen LogP contribution in [0.1, 0.15) is 28.8 Å². The van der Waals surface area contributed by atoms with Crippen molar-refractivity contribution < 1.29 is 22.0 Å². The summed E-state index contributed by atoms with van der Waals surface area (Å²) in [5, 5.41) is 3.52. The molecule has 4 rings (SSSR count). The van der Waals surface area contributed by atoms with Crippen molar-refractivity contribution in [3.63, 3.8) is 0 Å². The van der Waals surface area contributed by atoms with Gasteiger partial charge in [-0.05, 0) is 54.8 Å². The van der Waals surface area contributed by atoms with Crippen molar-refractivity contribution in [2.45, 2.75) is 30.3 Å². The molecule has 35 heavy (non-hydrogen) atoms. The van der Waals surface area contributed by atoms with Gasteiger partial charge in [0.2, 0.25) is 0 Å². The Labute approximate surface area is 203 Å². The number of likely N-dealkylation sites (tertiary alicyclic amines) is 1. The largest absolute Gasteiger partial charge is 0.310 e. The molecule has 0 radical (unpaired) electrons. The van der Waals surface area contributed by atoms with E-state index in [0.717, 1.165) is 47.9 Å². The van der Waals surface area contributed by atoms with Crippen LogP contribution in [0.4, 0.5) is 8.78 Å². The van der Waals surface area contributed by atoms with Gasteiger partial charge in [0.15, 0.2) is 15.6 Å². The molecule has 0 unspecified atom stereocenters. The molecule has 1 saturated heterocycles. The van der Waals surface area contributed by atoms with E-state index in [4.69, 9.17) is 0 Å². The Balaban J connectivity index is 1.24. The van der Waals surface area contributed by atoms with E-state index in [2.05, 4.69) is 10.3 Å². The topological polar surface area (TPSA) is 79.4 Å². The molecule has 1 aliphatic rings. The predicted octanol–water partition coefficient (Wildman–Crippen LogP) is 3.87. The monoisotopic (exact) mass is 499 g/mol. The zero-order chi connectivity index (χ0) is 25.0. The molecule has 1 N–H and O–H groups in total. The standard InChI is InChI=1S/C26H27F2N3O3S/c1-35(33,34)22-6-3-19(4-7-22)25-9-2-18(16-30-25)15-29-21-10-12-31(13-11-21)17-26(32)23-14-20(27)5-8-24(23)28/h2-9,14,16,21,29H,10-13,15,17H2,1H3. The third-order valence-electron chi connectivity index (χ3n) is 6.18. The van der Waals surface area contributed by atoms with Crippen LogP contribution in [0, 0.1) is 11.6 Å². The summed E-state index contributed by atoms with van der Waals surface area (Å²) in [6.07, 6.45) is 4.67. The van der Waals surface area contributed by atoms with Crippen molar-refractivity contribution >= 4 is 15.6 Å². The smallest absolute Gasteiger partial charge is 0.179 e. The number of Topliss-reactive ketones (excluding diaryl/α,β-unsaturated/α-hetero) is 1. The van der Waals surface area contributed by atoms with E-state index >= 15 is 0 Å². The summed E-state index contributed by atoms with van der Waals surface area (Å²) in [6.45, 7) is 2.12. The Bertz CT molecular complexity index is 1290. The molecule has 0 bridgehead atoms. The molecule has 2 aromatic carbocycles. The molecular formula is C26H27F2N3O3S. The number of ketones is 1. The quantitative estimate of drug-likeness (QED) is 0.474. The first kappa shape index (κ1) is 25.1. The Kier molecular flexibility index (Phi) is 7.69. The van der Waals surface area contributed by atoms with Gasteiger partial charge in [-0.25, -0.2) is 17.2 Å². The van der Waals surface area contributed by atoms with Crippen LogP contribution in [0.15, 0.2) is 65.7 Å². The maximum absolute atomic E-state index is 13.8. The first-order valence-electron chi connectivity index (χ1n) is 11.4. The minimum Gasteiger partial charge on any atom is -0.310 e. The van der Waals surface area contributed by atoms with Gasteiger partial charge in [0.1, 0.15) is 11.6 Å². The average molecular weight is 500 g/mol. The maximum atomic E-state index is 13.8. The van der Waals surface area contributed by atoms with Crippen LogP contribution in [0.3, 0.4) is 0 Å². The van der Waals surface area contributed by atoms with E-state index in [0.29, 0.717) is 19.6 Å². The van der Waals surface area contributed by atoms with Crippen molar-refractivity contribution in [1.82, 2.24) is 15.2 Å². The molecule has 3 aromatic rings. The summed E-state index contributed by atoms with van der Waals surface area (Å²) >= 11 is 0. The number of carbonyl (C=O) groups excluding carboxylic acids is 1. The van der Waals surface area contributed by atoms with E-state index in [9.17, 15) is 22.0 Å².